The Morgan fingerprint density at radius 3 is 2.41 bits per heavy atom. The molecule has 0 unspecified atom stereocenters. The van der Waals surface area contributed by atoms with Crippen LogP contribution in [0.4, 0.5) is 4.79 Å². The summed E-state index contributed by atoms with van der Waals surface area (Å²) in [6, 6.07) is 5.37. The number of aromatic nitrogens is 1. The average Bonchev–Trinajstić information content (AvgIpc) is 3.07. The Balaban J connectivity index is 1.35. The number of nitrogens with one attached hydrogen (secondary N) is 1. The predicted molar refractivity (Wildman–Crippen MR) is 96.9 cm³/mol. The Labute approximate surface area is 155 Å². The van der Waals surface area contributed by atoms with Crippen LogP contribution in [0.5, 0.6) is 0 Å². The fourth-order valence-electron chi connectivity index (χ4n) is 3.97. The molecule has 0 bridgehead atoms. The number of hydrogen-bond donors (Lipinski definition) is 2. The summed E-state index contributed by atoms with van der Waals surface area (Å²) in [5.74, 6) is -0.590. The summed E-state index contributed by atoms with van der Waals surface area (Å²) in [5, 5.41) is 9.04. The lowest BCUT2D eigenvalue weighted by molar-refractivity contribution is 0.0477. The molecular weight excluding hydrogens is 352 g/mol. The molecule has 0 spiro atoms. The minimum absolute atomic E-state index is 0.0603. The number of piperazine rings is 1. The van der Waals surface area contributed by atoms with Gasteiger partial charge in [-0.05, 0) is 31.0 Å². The first kappa shape index (κ1) is 17.6. The number of rotatable bonds is 2. The number of carbonyl (C=O) groups is 2. The molecule has 2 aliphatic heterocycles. The summed E-state index contributed by atoms with van der Waals surface area (Å²) < 4.78 is 5.03. The van der Waals surface area contributed by atoms with Crippen molar-refractivity contribution >= 4 is 23.1 Å². The summed E-state index contributed by atoms with van der Waals surface area (Å²) in [4.78, 5) is 43.2. The second kappa shape index (κ2) is 7.07. The van der Waals surface area contributed by atoms with E-state index < -0.39 is 11.8 Å². The third-order valence-electron chi connectivity index (χ3n) is 5.52. The average molecular weight is 374 g/mol. The van der Waals surface area contributed by atoms with E-state index in [2.05, 4.69) is 9.88 Å². The summed E-state index contributed by atoms with van der Waals surface area (Å²) in [6.45, 7) is 3.89. The molecule has 0 radical (unpaired) electrons. The largest absolute Gasteiger partial charge is 0.465 e. The standard InChI is InChI=1S/C18H22N4O5/c23-16(12-1-2-14-15(11-12)27-17(24)19-14)21-5-3-13(4-6-21)20-7-9-22(10-8-20)18(25)26/h1-2,11,13H,3-10H2,(H,19,24)(H,25,26). The molecule has 9 heteroatoms. The zero-order valence-electron chi connectivity index (χ0n) is 14.9. The third kappa shape index (κ3) is 3.55. The maximum atomic E-state index is 12.8. The first-order valence-corrected chi connectivity index (χ1v) is 9.15. The quantitative estimate of drug-likeness (QED) is 0.812. The number of nitrogens with zero attached hydrogens (tertiary/aromatic N) is 3. The van der Waals surface area contributed by atoms with E-state index in [1.54, 1.807) is 18.2 Å². The number of carboxylic acid groups (broad SMARTS) is 1. The van der Waals surface area contributed by atoms with Crippen molar-refractivity contribution in [3.8, 4) is 0 Å². The molecule has 3 heterocycles. The Morgan fingerprint density at radius 1 is 1.04 bits per heavy atom. The van der Waals surface area contributed by atoms with Gasteiger partial charge in [0.2, 0.25) is 0 Å². The van der Waals surface area contributed by atoms with Gasteiger partial charge in [-0.3, -0.25) is 14.7 Å². The highest BCUT2D eigenvalue weighted by Crippen LogP contribution is 2.21. The highest BCUT2D eigenvalue weighted by molar-refractivity contribution is 5.97. The van der Waals surface area contributed by atoms with E-state index >= 15 is 0 Å². The van der Waals surface area contributed by atoms with Gasteiger partial charge in [-0.15, -0.1) is 0 Å². The summed E-state index contributed by atoms with van der Waals surface area (Å²) in [6.07, 6.45) is 0.894. The second-order valence-electron chi connectivity index (χ2n) is 7.05. The smallest absolute Gasteiger partial charge is 0.417 e. The van der Waals surface area contributed by atoms with Gasteiger partial charge < -0.3 is 19.3 Å². The van der Waals surface area contributed by atoms with Crippen LogP contribution in [0.25, 0.3) is 11.1 Å². The number of piperidine rings is 1. The molecular formula is C18H22N4O5. The number of likely N-dealkylation sites (tertiary alicyclic amines) is 1. The number of carbonyl (C=O) groups excluding carboxylic acids is 1. The molecule has 4 rings (SSSR count). The zero-order chi connectivity index (χ0) is 19.0. The van der Waals surface area contributed by atoms with Gasteiger partial charge in [0, 0.05) is 50.9 Å². The molecule has 1 aromatic carbocycles. The van der Waals surface area contributed by atoms with E-state index in [9.17, 15) is 14.4 Å². The molecule has 9 nitrogen and oxygen atoms in total. The van der Waals surface area contributed by atoms with Crippen LogP contribution in [-0.4, -0.2) is 82.1 Å². The molecule has 27 heavy (non-hydrogen) atoms. The maximum absolute atomic E-state index is 12.8. The second-order valence-corrected chi connectivity index (χ2v) is 7.05. The van der Waals surface area contributed by atoms with Crippen LogP contribution in [-0.2, 0) is 0 Å². The molecule has 2 aromatic rings. The van der Waals surface area contributed by atoms with E-state index in [-0.39, 0.29) is 5.91 Å². The van der Waals surface area contributed by atoms with Gasteiger partial charge >= 0.3 is 11.8 Å². The van der Waals surface area contributed by atoms with Crippen LogP contribution in [0, 0.1) is 0 Å². The monoisotopic (exact) mass is 374 g/mol. The molecule has 0 atom stereocenters. The lowest BCUT2D eigenvalue weighted by Gasteiger charge is -2.42. The third-order valence-corrected chi connectivity index (χ3v) is 5.52. The first-order chi connectivity index (χ1) is 13.0. The molecule has 0 aliphatic carbocycles. The fraction of sp³-hybridized carbons (Fsp3) is 0.500. The van der Waals surface area contributed by atoms with Crippen LogP contribution in [0.3, 0.4) is 0 Å². The topological polar surface area (TPSA) is 110 Å². The molecule has 2 amide bonds. The number of fused-ring (bicyclic) bond motifs is 1. The Kier molecular flexibility index (Phi) is 4.61. The van der Waals surface area contributed by atoms with E-state index in [4.69, 9.17) is 9.52 Å². The van der Waals surface area contributed by atoms with Crippen molar-refractivity contribution in [3.05, 3.63) is 34.3 Å². The maximum Gasteiger partial charge on any atom is 0.417 e. The number of amides is 2. The number of hydrogen-bond acceptors (Lipinski definition) is 5. The van der Waals surface area contributed by atoms with Crippen LogP contribution in [0.1, 0.15) is 23.2 Å². The normalized spacial score (nSPS) is 19.6. The van der Waals surface area contributed by atoms with E-state index in [1.165, 1.54) is 4.90 Å². The van der Waals surface area contributed by atoms with Crippen molar-refractivity contribution in [3.63, 3.8) is 0 Å². The van der Waals surface area contributed by atoms with Gasteiger partial charge in [0.25, 0.3) is 5.91 Å². The molecule has 0 saturated carbocycles. The minimum atomic E-state index is -0.856. The molecule has 2 saturated heterocycles. The zero-order valence-corrected chi connectivity index (χ0v) is 14.9. The number of aromatic amines is 1. The van der Waals surface area contributed by atoms with Gasteiger partial charge in [-0.25, -0.2) is 9.59 Å². The van der Waals surface area contributed by atoms with Crippen LogP contribution < -0.4 is 5.76 Å². The lowest BCUT2D eigenvalue weighted by atomic mass is 10.0. The highest BCUT2D eigenvalue weighted by atomic mass is 16.4. The van der Waals surface area contributed by atoms with Crippen molar-refractivity contribution in [2.45, 2.75) is 18.9 Å². The molecule has 144 valence electrons. The van der Waals surface area contributed by atoms with Crippen LogP contribution >= 0.6 is 0 Å². The van der Waals surface area contributed by atoms with Crippen LogP contribution in [0.2, 0.25) is 0 Å². The SMILES string of the molecule is O=C(O)N1CCN(C2CCN(C(=O)c3ccc4[nH]c(=O)oc4c3)CC2)CC1. The van der Waals surface area contributed by atoms with E-state index in [0.717, 1.165) is 25.9 Å². The van der Waals surface area contributed by atoms with Crippen molar-refractivity contribution in [1.82, 2.24) is 19.7 Å². The predicted octanol–water partition coefficient (Wildman–Crippen LogP) is 1.02. The molecule has 2 N–H and O–H groups in total. The highest BCUT2D eigenvalue weighted by Gasteiger charge is 2.30. The van der Waals surface area contributed by atoms with Crippen molar-refractivity contribution in [2.24, 2.45) is 0 Å². The van der Waals surface area contributed by atoms with Gasteiger partial charge in [0.1, 0.15) is 0 Å². The number of benzene rings is 1. The van der Waals surface area contributed by atoms with Gasteiger partial charge in [-0.2, -0.15) is 0 Å². The number of H-pyrrole nitrogens is 1. The summed E-state index contributed by atoms with van der Waals surface area (Å²) in [7, 11) is 0. The molecule has 1 aromatic heterocycles. The van der Waals surface area contributed by atoms with Crippen molar-refractivity contribution < 1.29 is 19.1 Å². The van der Waals surface area contributed by atoms with Crippen molar-refractivity contribution in [1.29, 1.82) is 0 Å². The Morgan fingerprint density at radius 2 is 1.74 bits per heavy atom. The van der Waals surface area contributed by atoms with Gasteiger partial charge in [0.15, 0.2) is 5.58 Å². The fourth-order valence-corrected chi connectivity index (χ4v) is 3.97. The number of oxazole rings is 1. The molecule has 2 fully saturated rings. The van der Waals surface area contributed by atoms with Crippen LogP contribution in [0.15, 0.2) is 27.4 Å². The van der Waals surface area contributed by atoms with Crippen molar-refractivity contribution in [2.75, 3.05) is 39.3 Å². The Bertz CT molecular complexity index is 904. The van der Waals surface area contributed by atoms with Gasteiger partial charge in [0.05, 0.1) is 5.52 Å². The van der Waals surface area contributed by atoms with E-state index in [0.29, 0.717) is 48.9 Å². The molecule has 2 aliphatic rings. The summed E-state index contributed by atoms with van der Waals surface area (Å²) >= 11 is 0. The first-order valence-electron chi connectivity index (χ1n) is 9.15. The van der Waals surface area contributed by atoms with E-state index in [1.807, 2.05) is 4.90 Å². The minimum Gasteiger partial charge on any atom is -0.465 e. The Hall–Kier alpha value is -2.81. The summed E-state index contributed by atoms with van der Waals surface area (Å²) in [5.41, 5.74) is 1.48. The lowest BCUT2D eigenvalue weighted by Crippen LogP contribution is -2.54. The van der Waals surface area contributed by atoms with Gasteiger partial charge in [-0.1, -0.05) is 0 Å².